The van der Waals surface area contributed by atoms with E-state index in [9.17, 15) is 4.79 Å². The number of ether oxygens (including phenoxy) is 1. The van der Waals surface area contributed by atoms with Crippen LogP contribution in [0.15, 0.2) is 18.2 Å². The number of carbonyl (C=O) groups is 1. The lowest BCUT2D eigenvalue weighted by Gasteiger charge is -2.12. The Hall–Kier alpha value is -1.35. The lowest BCUT2D eigenvalue weighted by atomic mass is 10.1. The molecule has 0 saturated heterocycles. The average molecular weight is 207 g/mol. The Morgan fingerprint density at radius 2 is 2.13 bits per heavy atom. The largest absolute Gasteiger partial charge is 0.493 e. The molecule has 15 heavy (non-hydrogen) atoms. The number of benzene rings is 1. The monoisotopic (exact) mass is 207 g/mol. The van der Waals surface area contributed by atoms with Gasteiger partial charge in [0.15, 0.2) is 6.29 Å². The Morgan fingerprint density at radius 3 is 2.67 bits per heavy atom. The van der Waals surface area contributed by atoms with Crippen LogP contribution in [0.4, 0.5) is 0 Å². The Morgan fingerprint density at radius 1 is 1.40 bits per heavy atom. The van der Waals surface area contributed by atoms with E-state index >= 15 is 0 Å². The van der Waals surface area contributed by atoms with E-state index in [0.29, 0.717) is 17.9 Å². The van der Waals surface area contributed by atoms with E-state index < -0.39 is 0 Å². The second kappa shape index (κ2) is 5.51. The van der Waals surface area contributed by atoms with Gasteiger partial charge in [-0.25, -0.2) is 0 Å². The molecule has 0 aliphatic heterocycles. The Balaban J connectivity index is 2.91. The molecular formula is C12H17NO2. The van der Waals surface area contributed by atoms with Gasteiger partial charge in [-0.1, -0.05) is 6.07 Å². The summed E-state index contributed by atoms with van der Waals surface area (Å²) in [5.74, 6) is 0.662. The van der Waals surface area contributed by atoms with Crippen molar-refractivity contribution in [2.45, 2.75) is 13.5 Å². The molecule has 0 aromatic heterocycles. The zero-order valence-corrected chi connectivity index (χ0v) is 9.49. The summed E-state index contributed by atoms with van der Waals surface area (Å²) < 4.78 is 5.34. The summed E-state index contributed by atoms with van der Waals surface area (Å²) in [4.78, 5) is 12.9. The maximum Gasteiger partial charge on any atom is 0.153 e. The highest BCUT2D eigenvalue weighted by atomic mass is 16.5. The molecule has 0 amide bonds. The van der Waals surface area contributed by atoms with Crippen LogP contribution in [0.2, 0.25) is 0 Å². The van der Waals surface area contributed by atoms with Crippen molar-refractivity contribution in [1.82, 2.24) is 4.90 Å². The molecule has 0 aliphatic carbocycles. The maximum absolute atomic E-state index is 10.8. The van der Waals surface area contributed by atoms with Gasteiger partial charge in [-0.15, -0.1) is 0 Å². The number of hydrogen-bond donors (Lipinski definition) is 0. The van der Waals surface area contributed by atoms with Gasteiger partial charge < -0.3 is 9.64 Å². The van der Waals surface area contributed by atoms with E-state index in [-0.39, 0.29) is 0 Å². The number of hydrogen-bond acceptors (Lipinski definition) is 3. The first-order chi connectivity index (χ1) is 7.17. The average Bonchev–Trinajstić information content (AvgIpc) is 2.20. The van der Waals surface area contributed by atoms with Crippen LogP contribution in [0, 0.1) is 0 Å². The van der Waals surface area contributed by atoms with Crippen LogP contribution in [0.5, 0.6) is 5.75 Å². The molecule has 0 spiro atoms. The molecule has 3 nitrogen and oxygen atoms in total. The molecule has 0 unspecified atom stereocenters. The molecular weight excluding hydrogens is 190 g/mol. The highest BCUT2D eigenvalue weighted by molar-refractivity contribution is 5.79. The van der Waals surface area contributed by atoms with E-state index in [0.717, 1.165) is 18.4 Å². The van der Waals surface area contributed by atoms with Crippen LogP contribution >= 0.6 is 0 Å². The number of rotatable bonds is 5. The van der Waals surface area contributed by atoms with Crippen molar-refractivity contribution in [1.29, 1.82) is 0 Å². The molecule has 0 N–H and O–H groups in total. The third kappa shape index (κ3) is 3.36. The SMILES string of the molecule is CCOc1ccc(CN(C)C)cc1C=O. The van der Waals surface area contributed by atoms with Gasteiger partial charge >= 0.3 is 0 Å². The lowest BCUT2D eigenvalue weighted by molar-refractivity contribution is 0.111. The smallest absolute Gasteiger partial charge is 0.153 e. The van der Waals surface area contributed by atoms with Crippen LogP contribution in [-0.2, 0) is 6.54 Å². The zero-order chi connectivity index (χ0) is 11.3. The fourth-order valence-electron chi connectivity index (χ4n) is 1.44. The van der Waals surface area contributed by atoms with E-state index in [4.69, 9.17) is 4.74 Å². The molecule has 0 saturated carbocycles. The number of aldehydes is 1. The van der Waals surface area contributed by atoms with Crippen LogP contribution in [0.25, 0.3) is 0 Å². The predicted molar refractivity (Wildman–Crippen MR) is 60.4 cm³/mol. The third-order valence-electron chi connectivity index (χ3n) is 2.00. The van der Waals surface area contributed by atoms with Gasteiger partial charge in [-0.3, -0.25) is 4.79 Å². The summed E-state index contributed by atoms with van der Waals surface area (Å²) >= 11 is 0. The molecule has 82 valence electrons. The predicted octanol–water partition coefficient (Wildman–Crippen LogP) is 1.96. The fraction of sp³-hybridized carbons (Fsp3) is 0.417. The Bertz CT molecular complexity index is 334. The minimum atomic E-state index is 0.577. The molecule has 3 heteroatoms. The standard InChI is InChI=1S/C12H17NO2/c1-4-15-12-6-5-10(8-13(2)3)7-11(12)9-14/h5-7,9H,4,8H2,1-3H3. The minimum absolute atomic E-state index is 0.577. The lowest BCUT2D eigenvalue weighted by Crippen LogP contribution is -2.11. The van der Waals surface area contributed by atoms with Gasteiger partial charge in [-0.05, 0) is 38.7 Å². The molecule has 1 rings (SSSR count). The Labute approximate surface area is 90.7 Å². The first-order valence-corrected chi connectivity index (χ1v) is 5.03. The van der Waals surface area contributed by atoms with Crippen LogP contribution < -0.4 is 4.74 Å². The van der Waals surface area contributed by atoms with Gasteiger partial charge in [0.2, 0.25) is 0 Å². The highest BCUT2D eigenvalue weighted by Crippen LogP contribution is 2.19. The normalized spacial score (nSPS) is 10.4. The molecule has 0 heterocycles. The van der Waals surface area contributed by atoms with Crippen molar-refractivity contribution >= 4 is 6.29 Å². The summed E-state index contributed by atoms with van der Waals surface area (Å²) in [5, 5.41) is 0. The van der Waals surface area contributed by atoms with Gasteiger partial charge in [0, 0.05) is 6.54 Å². The van der Waals surface area contributed by atoms with Gasteiger partial charge in [-0.2, -0.15) is 0 Å². The van der Waals surface area contributed by atoms with Crippen LogP contribution in [0.3, 0.4) is 0 Å². The van der Waals surface area contributed by atoms with E-state index in [1.165, 1.54) is 0 Å². The van der Waals surface area contributed by atoms with E-state index in [1.54, 1.807) is 0 Å². The van der Waals surface area contributed by atoms with Crippen molar-refractivity contribution in [2.24, 2.45) is 0 Å². The highest BCUT2D eigenvalue weighted by Gasteiger charge is 2.04. The second-order valence-corrected chi connectivity index (χ2v) is 3.66. The Kier molecular flexibility index (Phi) is 4.31. The molecule has 0 aliphatic rings. The molecule has 0 bridgehead atoms. The summed E-state index contributed by atoms with van der Waals surface area (Å²) in [7, 11) is 3.99. The van der Waals surface area contributed by atoms with E-state index in [2.05, 4.69) is 4.90 Å². The van der Waals surface area contributed by atoms with Crippen LogP contribution in [-0.4, -0.2) is 31.9 Å². The maximum atomic E-state index is 10.8. The summed E-state index contributed by atoms with van der Waals surface area (Å²) in [6.07, 6.45) is 0.837. The third-order valence-corrected chi connectivity index (χ3v) is 2.00. The van der Waals surface area contributed by atoms with Crippen molar-refractivity contribution in [3.8, 4) is 5.75 Å². The molecule has 0 radical (unpaired) electrons. The summed E-state index contributed by atoms with van der Waals surface area (Å²) in [5.41, 5.74) is 1.74. The quantitative estimate of drug-likeness (QED) is 0.691. The van der Waals surface area contributed by atoms with Crippen molar-refractivity contribution < 1.29 is 9.53 Å². The second-order valence-electron chi connectivity index (χ2n) is 3.66. The van der Waals surface area contributed by atoms with Gasteiger partial charge in [0.25, 0.3) is 0 Å². The molecule has 0 atom stereocenters. The van der Waals surface area contributed by atoms with Crippen molar-refractivity contribution in [3.05, 3.63) is 29.3 Å². The van der Waals surface area contributed by atoms with Crippen LogP contribution in [0.1, 0.15) is 22.8 Å². The number of carbonyl (C=O) groups excluding carboxylic acids is 1. The van der Waals surface area contributed by atoms with Gasteiger partial charge in [0.05, 0.1) is 12.2 Å². The van der Waals surface area contributed by atoms with Crippen molar-refractivity contribution in [3.63, 3.8) is 0 Å². The first kappa shape index (κ1) is 11.7. The summed E-state index contributed by atoms with van der Waals surface area (Å²) in [6.45, 7) is 3.31. The minimum Gasteiger partial charge on any atom is -0.493 e. The molecule has 0 fully saturated rings. The van der Waals surface area contributed by atoms with Crippen molar-refractivity contribution in [2.75, 3.05) is 20.7 Å². The van der Waals surface area contributed by atoms with E-state index in [1.807, 2.05) is 39.2 Å². The fourth-order valence-corrected chi connectivity index (χ4v) is 1.44. The first-order valence-electron chi connectivity index (χ1n) is 5.03. The zero-order valence-electron chi connectivity index (χ0n) is 9.49. The topological polar surface area (TPSA) is 29.5 Å². The molecule has 1 aromatic rings. The molecule has 1 aromatic carbocycles. The van der Waals surface area contributed by atoms with Gasteiger partial charge in [0.1, 0.15) is 5.75 Å². The number of nitrogens with zero attached hydrogens (tertiary/aromatic N) is 1. The summed E-state index contributed by atoms with van der Waals surface area (Å²) in [6, 6.07) is 5.71.